The van der Waals surface area contributed by atoms with Crippen molar-refractivity contribution < 1.29 is 24.2 Å². The van der Waals surface area contributed by atoms with Crippen LogP contribution < -0.4 is 0 Å². The molecule has 0 unspecified atom stereocenters. The van der Waals surface area contributed by atoms with E-state index in [1.165, 1.54) is 12.8 Å². The molecule has 6 nitrogen and oxygen atoms in total. The molecule has 0 radical (unpaired) electrons. The Hall–Kier alpha value is -1.14. The Morgan fingerprint density at radius 1 is 1.05 bits per heavy atom. The van der Waals surface area contributed by atoms with E-state index in [0.29, 0.717) is 6.61 Å². The predicted molar refractivity (Wildman–Crippen MR) is 73.6 cm³/mol. The number of nitrogens with zero attached hydrogens (tertiary/aromatic N) is 1. The number of rotatable bonds is 10. The number of carbonyl (C=O) groups excluding carboxylic acids is 1. The second kappa shape index (κ2) is 10.6. The van der Waals surface area contributed by atoms with E-state index in [0.717, 1.165) is 52.1 Å². The van der Waals surface area contributed by atoms with E-state index in [1.807, 2.05) is 0 Å². The van der Waals surface area contributed by atoms with Crippen molar-refractivity contribution in [2.75, 3.05) is 39.5 Å². The Morgan fingerprint density at radius 2 is 1.70 bits per heavy atom. The zero-order valence-corrected chi connectivity index (χ0v) is 12.0. The second-order valence-corrected chi connectivity index (χ2v) is 5.01. The molecule has 0 aliphatic carbocycles. The maximum Gasteiger partial charge on any atom is 0.317 e. The van der Waals surface area contributed by atoms with Crippen molar-refractivity contribution in [3.05, 3.63) is 0 Å². The monoisotopic (exact) mass is 287 g/mol. The molecule has 1 N–H and O–H groups in total. The maximum atomic E-state index is 10.9. The lowest BCUT2D eigenvalue weighted by Gasteiger charge is -2.26. The molecular weight excluding hydrogens is 262 g/mol. The SMILES string of the molecule is O=C(O)CC(=O)OCCCCCCCN1CCOCC1. The highest BCUT2D eigenvalue weighted by Crippen LogP contribution is 2.06. The number of hydrogen-bond donors (Lipinski definition) is 1. The average Bonchev–Trinajstić information content (AvgIpc) is 2.42. The molecule has 0 atom stereocenters. The van der Waals surface area contributed by atoms with Gasteiger partial charge < -0.3 is 14.6 Å². The van der Waals surface area contributed by atoms with Gasteiger partial charge >= 0.3 is 11.9 Å². The summed E-state index contributed by atoms with van der Waals surface area (Å²) in [5, 5.41) is 8.38. The summed E-state index contributed by atoms with van der Waals surface area (Å²) < 4.78 is 10.1. The minimum atomic E-state index is -1.14. The van der Waals surface area contributed by atoms with Crippen LogP contribution in [0.15, 0.2) is 0 Å². The first-order valence-electron chi connectivity index (χ1n) is 7.36. The van der Waals surface area contributed by atoms with Gasteiger partial charge in [0.15, 0.2) is 0 Å². The van der Waals surface area contributed by atoms with Gasteiger partial charge in [0.2, 0.25) is 0 Å². The van der Waals surface area contributed by atoms with Crippen LogP contribution in [0.3, 0.4) is 0 Å². The van der Waals surface area contributed by atoms with Gasteiger partial charge in [0.05, 0.1) is 19.8 Å². The Balaban J connectivity index is 1.82. The van der Waals surface area contributed by atoms with Crippen LogP contribution in [0.2, 0.25) is 0 Å². The van der Waals surface area contributed by atoms with Gasteiger partial charge in [-0.05, 0) is 19.4 Å². The molecule has 0 aromatic heterocycles. The molecule has 0 aromatic carbocycles. The number of carbonyl (C=O) groups is 2. The zero-order valence-electron chi connectivity index (χ0n) is 12.0. The van der Waals surface area contributed by atoms with E-state index < -0.39 is 18.4 Å². The minimum Gasteiger partial charge on any atom is -0.481 e. The van der Waals surface area contributed by atoms with E-state index in [9.17, 15) is 9.59 Å². The number of ether oxygens (including phenoxy) is 2. The summed E-state index contributed by atoms with van der Waals surface area (Å²) in [7, 11) is 0. The molecule has 1 heterocycles. The van der Waals surface area contributed by atoms with Gasteiger partial charge in [0.1, 0.15) is 6.42 Å². The molecule has 0 bridgehead atoms. The van der Waals surface area contributed by atoms with Crippen LogP contribution in [0.1, 0.15) is 38.5 Å². The summed E-state index contributed by atoms with van der Waals surface area (Å²) in [5.74, 6) is -1.79. The lowest BCUT2D eigenvalue weighted by molar-refractivity contribution is -0.151. The highest BCUT2D eigenvalue weighted by atomic mass is 16.5. The van der Waals surface area contributed by atoms with Gasteiger partial charge in [0, 0.05) is 13.1 Å². The van der Waals surface area contributed by atoms with Crippen LogP contribution in [0.5, 0.6) is 0 Å². The summed E-state index contributed by atoms with van der Waals surface area (Å²) in [6.07, 6.45) is 4.78. The fourth-order valence-electron chi connectivity index (χ4n) is 2.15. The molecule has 1 aliphatic heterocycles. The number of morpholine rings is 1. The Morgan fingerprint density at radius 3 is 2.40 bits per heavy atom. The second-order valence-electron chi connectivity index (χ2n) is 5.01. The first-order valence-corrected chi connectivity index (χ1v) is 7.36. The van der Waals surface area contributed by atoms with Gasteiger partial charge in [-0.2, -0.15) is 0 Å². The third kappa shape index (κ3) is 8.87. The van der Waals surface area contributed by atoms with Crippen molar-refractivity contribution in [1.82, 2.24) is 4.90 Å². The summed E-state index contributed by atoms with van der Waals surface area (Å²) in [6.45, 7) is 5.25. The quantitative estimate of drug-likeness (QED) is 0.371. The Bertz CT molecular complexity index is 289. The molecular formula is C14H25NO5. The summed E-state index contributed by atoms with van der Waals surface area (Å²) in [6, 6.07) is 0. The lowest BCUT2D eigenvalue weighted by Crippen LogP contribution is -2.36. The van der Waals surface area contributed by atoms with Crippen LogP contribution >= 0.6 is 0 Å². The van der Waals surface area contributed by atoms with Gasteiger partial charge in [-0.3, -0.25) is 14.5 Å². The molecule has 116 valence electrons. The van der Waals surface area contributed by atoms with Crippen molar-refractivity contribution in [3.8, 4) is 0 Å². The Labute approximate surface area is 120 Å². The van der Waals surface area contributed by atoms with Crippen molar-refractivity contribution in [1.29, 1.82) is 0 Å². The van der Waals surface area contributed by atoms with Gasteiger partial charge in [0.25, 0.3) is 0 Å². The number of esters is 1. The van der Waals surface area contributed by atoms with Crippen molar-refractivity contribution >= 4 is 11.9 Å². The third-order valence-corrected chi connectivity index (χ3v) is 3.28. The molecule has 0 spiro atoms. The van der Waals surface area contributed by atoms with E-state index >= 15 is 0 Å². The molecule has 1 aliphatic rings. The minimum absolute atomic E-state index is 0.329. The molecule has 6 heteroatoms. The predicted octanol–water partition coefficient (Wildman–Crippen LogP) is 1.29. The molecule has 0 saturated carbocycles. The van der Waals surface area contributed by atoms with E-state index in [-0.39, 0.29) is 0 Å². The highest BCUT2D eigenvalue weighted by Gasteiger charge is 2.09. The molecule has 1 fully saturated rings. The number of aliphatic carboxylic acids is 1. The normalized spacial score (nSPS) is 16.0. The van der Waals surface area contributed by atoms with E-state index in [4.69, 9.17) is 14.6 Å². The van der Waals surface area contributed by atoms with Crippen LogP contribution in [0.4, 0.5) is 0 Å². The van der Waals surface area contributed by atoms with Gasteiger partial charge in [-0.1, -0.05) is 19.3 Å². The van der Waals surface area contributed by atoms with Crippen LogP contribution in [0, 0.1) is 0 Å². The smallest absolute Gasteiger partial charge is 0.317 e. The zero-order chi connectivity index (χ0) is 14.6. The lowest BCUT2D eigenvalue weighted by atomic mass is 10.1. The number of carboxylic acid groups (broad SMARTS) is 1. The molecule has 1 rings (SSSR count). The van der Waals surface area contributed by atoms with Crippen molar-refractivity contribution in [2.24, 2.45) is 0 Å². The van der Waals surface area contributed by atoms with Crippen molar-refractivity contribution in [2.45, 2.75) is 38.5 Å². The number of unbranched alkanes of at least 4 members (excludes halogenated alkanes) is 4. The molecule has 0 aromatic rings. The highest BCUT2D eigenvalue weighted by molar-refractivity contribution is 5.90. The van der Waals surface area contributed by atoms with Crippen LogP contribution in [-0.2, 0) is 19.1 Å². The number of carboxylic acids is 1. The van der Waals surface area contributed by atoms with Crippen LogP contribution in [-0.4, -0.2) is 61.4 Å². The molecule has 0 amide bonds. The summed E-state index contributed by atoms with van der Waals surface area (Å²) >= 11 is 0. The fourth-order valence-corrected chi connectivity index (χ4v) is 2.15. The maximum absolute atomic E-state index is 10.9. The largest absolute Gasteiger partial charge is 0.481 e. The fraction of sp³-hybridized carbons (Fsp3) is 0.857. The number of hydrogen-bond acceptors (Lipinski definition) is 5. The average molecular weight is 287 g/mol. The van der Waals surface area contributed by atoms with Gasteiger partial charge in [-0.15, -0.1) is 0 Å². The molecule has 1 saturated heterocycles. The van der Waals surface area contributed by atoms with Crippen molar-refractivity contribution in [3.63, 3.8) is 0 Å². The standard InChI is InChI=1S/C14H25NO5/c16-13(17)12-14(18)20-9-5-3-1-2-4-6-15-7-10-19-11-8-15/h1-12H2,(H,16,17). The Kier molecular flexibility index (Phi) is 8.98. The summed E-state index contributed by atoms with van der Waals surface area (Å²) in [4.78, 5) is 23.6. The van der Waals surface area contributed by atoms with Gasteiger partial charge in [-0.25, -0.2) is 0 Å². The third-order valence-electron chi connectivity index (χ3n) is 3.28. The van der Waals surface area contributed by atoms with E-state index in [2.05, 4.69) is 4.90 Å². The first-order chi connectivity index (χ1) is 9.68. The molecule has 20 heavy (non-hydrogen) atoms. The first kappa shape index (κ1) is 16.9. The van der Waals surface area contributed by atoms with E-state index in [1.54, 1.807) is 0 Å². The summed E-state index contributed by atoms with van der Waals surface area (Å²) in [5.41, 5.74) is 0. The van der Waals surface area contributed by atoms with Crippen LogP contribution in [0.25, 0.3) is 0 Å². The topological polar surface area (TPSA) is 76.1 Å².